The van der Waals surface area contributed by atoms with E-state index >= 15 is 0 Å². The first-order valence-electron chi connectivity index (χ1n) is 7.01. The molecule has 1 aliphatic rings. The van der Waals surface area contributed by atoms with E-state index in [0.29, 0.717) is 6.04 Å². The van der Waals surface area contributed by atoms with Crippen LogP contribution in [0.1, 0.15) is 6.92 Å². The molecule has 1 aliphatic heterocycles. The van der Waals surface area contributed by atoms with Crippen molar-refractivity contribution in [2.45, 2.75) is 13.0 Å². The number of anilines is 1. The van der Waals surface area contributed by atoms with E-state index in [4.69, 9.17) is 4.74 Å². The molecule has 1 N–H and O–H groups in total. The number of nitrogens with zero attached hydrogens (tertiary/aromatic N) is 5. The van der Waals surface area contributed by atoms with Crippen LogP contribution in [0.5, 0.6) is 0 Å². The fraction of sp³-hybridized carbons (Fsp3) is 0.357. The first-order valence-corrected chi connectivity index (χ1v) is 7.01. The van der Waals surface area contributed by atoms with Crippen LogP contribution in [0.4, 0.5) is 5.82 Å². The SMILES string of the molecule is C[C@@H]1COCCN1c1ccnc2c(-c3ccn[nH]3)cnn12. The summed E-state index contributed by atoms with van der Waals surface area (Å²) in [6.45, 7) is 4.49. The molecule has 108 valence electrons. The lowest BCUT2D eigenvalue weighted by Crippen LogP contribution is -2.44. The number of rotatable bonds is 2. The smallest absolute Gasteiger partial charge is 0.166 e. The predicted molar refractivity (Wildman–Crippen MR) is 78.2 cm³/mol. The molecule has 0 spiro atoms. The number of aromatic nitrogens is 5. The van der Waals surface area contributed by atoms with Crippen molar-refractivity contribution in [3.05, 3.63) is 30.7 Å². The lowest BCUT2D eigenvalue weighted by atomic mass is 10.2. The molecule has 0 aliphatic carbocycles. The molecule has 4 rings (SSSR count). The predicted octanol–water partition coefficient (Wildman–Crippen LogP) is 1.34. The zero-order chi connectivity index (χ0) is 14.2. The highest BCUT2D eigenvalue weighted by Gasteiger charge is 2.22. The average molecular weight is 284 g/mol. The standard InChI is InChI=1S/C14H16N6O/c1-10-9-21-7-6-19(10)13-3-4-15-14-11(8-17-20(13)14)12-2-5-16-18-12/h2-5,8,10H,6-7,9H2,1H3,(H,16,18)/t10-/m1/s1. The van der Waals surface area contributed by atoms with Crippen LogP contribution in [-0.2, 0) is 4.74 Å². The number of H-pyrrole nitrogens is 1. The highest BCUT2D eigenvalue weighted by Crippen LogP contribution is 2.25. The van der Waals surface area contributed by atoms with Crippen molar-refractivity contribution in [2.24, 2.45) is 0 Å². The summed E-state index contributed by atoms with van der Waals surface area (Å²) in [6, 6.07) is 4.24. The second-order valence-corrected chi connectivity index (χ2v) is 5.18. The number of ether oxygens (including phenoxy) is 1. The summed E-state index contributed by atoms with van der Waals surface area (Å²) in [7, 11) is 0. The number of morpholine rings is 1. The topological polar surface area (TPSA) is 71.3 Å². The minimum absolute atomic E-state index is 0.323. The Balaban J connectivity index is 1.84. The fourth-order valence-corrected chi connectivity index (χ4v) is 2.76. The van der Waals surface area contributed by atoms with Crippen molar-refractivity contribution in [1.82, 2.24) is 24.8 Å². The van der Waals surface area contributed by atoms with E-state index in [2.05, 4.69) is 32.1 Å². The minimum atomic E-state index is 0.323. The summed E-state index contributed by atoms with van der Waals surface area (Å²) < 4.78 is 7.40. The van der Waals surface area contributed by atoms with E-state index in [9.17, 15) is 0 Å². The largest absolute Gasteiger partial charge is 0.377 e. The van der Waals surface area contributed by atoms with Gasteiger partial charge < -0.3 is 9.64 Å². The molecule has 1 saturated heterocycles. The van der Waals surface area contributed by atoms with Crippen molar-refractivity contribution in [2.75, 3.05) is 24.7 Å². The third-order valence-electron chi connectivity index (χ3n) is 3.83. The average Bonchev–Trinajstić information content (AvgIpc) is 3.16. The maximum atomic E-state index is 5.51. The van der Waals surface area contributed by atoms with Gasteiger partial charge in [0.05, 0.1) is 36.7 Å². The lowest BCUT2D eigenvalue weighted by Gasteiger charge is -2.34. The summed E-state index contributed by atoms with van der Waals surface area (Å²) >= 11 is 0. The molecule has 0 bridgehead atoms. The Kier molecular flexibility index (Phi) is 2.85. The Morgan fingerprint density at radius 1 is 1.33 bits per heavy atom. The molecule has 0 amide bonds. The van der Waals surface area contributed by atoms with Crippen molar-refractivity contribution >= 4 is 11.5 Å². The van der Waals surface area contributed by atoms with Crippen LogP contribution in [0.2, 0.25) is 0 Å². The second kappa shape index (κ2) is 4.85. The number of fused-ring (bicyclic) bond motifs is 1. The van der Waals surface area contributed by atoms with Gasteiger partial charge in [-0.05, 0) is 19.1 Å². The normalized spacial score (nSPS) is 19.3. The number of hydrogen-bond acceptors (Lipinski definition) is 5. The molecule has 0 unspecified atom stereocenters. The maximum absolute atomic E-state index is 5.51. The van der Waals surface area contributed by atoms with Gasteiger partial charge in [-0.25, -0.2) is 4.98 Å². The molecule has 0 saturated carbocycles. The van der Waals surface area contributed by atoms with Gasteiger partial charge in [-0.3, -0.25) is 5.10 Å². The Labute approximate surface area is 121 Å². The van der Waals surface area contributed by atoms with Crippen LogP contribution in [0, 0.1) is 0 Å². The van der Waals surface area contributed by atoms with Gasteiger partial charge in [-0.2, -0.15) is 14.7 Å². The summed E-state index contributed by atoms with van der Waals surface area (Å²) in [4.78, 5) is 6.78. The zero-order valence-corrected chi connectivity index (χ0v) is 11.7. The van der Waals surface area contributed by atoms with E-state index in [0.717, 1.165) is 42.5 Å². The third kappa shape index (κ3) is 1.97. The van der Waals surface area contributed by atoms with Gasteiger partial charge in [0.1, 0.15) is 5.82 Å². The van der Waals surface area contributed by atoms with Gasteiger partial charge in [0.25, 0.3) is 0 Å². The number of aromatic amines is 1. The molecule has 0 radical (unpaired) electrons. The van der Waals surface area contributed by atoms with Crippen molar-refractivity contribution in [3.63, 3.8) is 0 Å². The minimum Gasteiger partial charge on any atom is -0.377 e. The Morgan fingerprint density at radius 2 is 2.29 bits per heavy atom. The second-order valence-electron chi connectivity index (χ2n) is 5.18. The van der Waals surface area contributed by atoms with Crippen LogP contribution < -0.4 is 4.90 Å². The molecule has 1 atom stereocenters. The molecule has 7 heteroatoms. The summed E-state index contributed by atoms with van der Waals surface area (Å²) in [5.74, 6) is 1.04. The Morgan fingerprint density at radius 3 is 3.10 bits per heavy atom. The van der Waals surface area contributed by atoms with E-state index in [-0.39, 0.29) is 0 Å². The van der Waals surface area contributed by atoms with E-state index in [1.54, 1.807) is 6.20 Å². The molecular formula is C14H16N6O. The lowest BCUT2D eigenvalue weighted by molar-refractivity contribution is 0.0983. The van der Waals surface area contributed by atoms with Crippen LogP contribution in [0.3, 0.4) is 0 Å². The highest BCUT2D eigenvalue weighted by atomic mass is 16.5. The van der Waals surface area contributed by atoms with E-state index < -0.39 is 0 Å². The van der Waals surface area contributed by atoms with Gasteiger partial charge in [0.2, 0.25) is 0 Å². The molecule has 4 heterocycles. The molecule has 21 heavy (non-hydrogen) atoms. The van der Waals surface area contributed by atoms with Gasteiger partial charge in [-0.1, -0.05) is 0 Å². The molecule has 3 aromatic rings. The molecule has 7 nitrogen and oxygen atoms in total. The zero-order valence-electron chi connectivity index (χ0n) is 11.7. The molecule has 1 fully saturated rings. The van der Waals surface area contributed by atoms with Crippen molar-refractivity contribution in [1.29, 1.82) is 0 Å². The Bertz CT molecular complexity index is 750. The fourth-order valence-electron chi connectivity index (χ4n) is 2.76. The highest BCUT2D eigenvalue weighted by molar-refractivity contribution is 5.75. The van der Waals surface area contributed by atoms with Gasteiger partial charge in [0, 0.05) is 18.9 Å². The first kappa shape index (κ1) is 12.3. The van der Waals surface area contributed by atoms with Crippen molar-refractivity contribution < 1.29 is 4.74 Å². The van der Waals surface area contributed by atoms with E-state index in [1.165, 1.54) is 0 Å². The quantitative estimate of drug-likeness (QED) is 0.769. The molecule has 3 aromatic heterocycles. The molecular weight excluding hydrogens is 268 g/mol. The van der Waals surface area contributed by atoms with Crippen LogP contribution in [-0.4, -0.2) is 50.6 Å². The number of hydrogen-bond donors (Lipinski definition) is 1. The first-order chi connectivity index (χ1) is 10.3. The van der Waals surface area contributed by atoms with Crippen LogP contribution >= 0.6 is 0 Å². The maximum Gasteiger partial charge on any atom is 0.166 e. The summed E-state index contributed by atoms with van der Waals surface area (Å²) in [6.07, 6.45) is 5.38. The molecule has 0 aromatic carbocycles. The summed E-state index contributed by atoms with van der Waals surface area (Å²) in [5, 5.41) is 11.5. The van der Waals surface area contributed by atoms with Crippen LogP contribution in [0.25, 0.3) is 16.9 Å². The summed E-state index contributed by atoms with van der Waals surface area (Å²) in [5.41, 5.74) is 2.70. The monoisotopic (exact) mass is 284 g/mol. The van der Waals surface area contributed by atoms with E-state index in [1.807, 2.05) is 29.0 Å². The Hall–Kier alpha value is -2.41. The van der Waals surface area contributed by atoms with Gasteiger partial charge in [0.15, 0.2) is 5.65 Å². The van der Waals surface area contributed by atoms with Crippen molar-refractivity contribution in [3.8, 4) is 11.3 Å². The third-order valence-corrected chi connectivity index (χ3v) is 3.83. The van der Waals surface area contributed by atoms with Crippen LogP contribution in [0.15, 0.2) is 30.7 Å². The van der Waals surface area contributed by atoms with Gasteiger partial charge >= 0.3 is 0 Å². The van der Waals surface area contributed by atoms with Gasteiger partial charge in [-0.15, -0.1) is 0 Å². The number of nitrogens with one attached hydrogen (secondary N) is 1.